The summed E-state index contributed by atoms with van der Waals surface area (Å²) in [6.07, 6.45) is 7.39. The van der Waals surface area contributed by atoms with Crippen molar-refractivity contribution in [2.24, 2.45) is 27.5 Å². The molecule has 5 aromatic carbocycles. The Morgan fingerprint density at radius 1 is 0.398 bits per heavy atom. The van der Waals surface area contributed by atoms with Gasteiger partial charge in [-0.3, -0.25) is 43.2 Å². The second kappa shape index (κ2) is 49.4. The van der Waals surface area contributed by atoms with Crippen molar-refractivity contribution in [3.05, 3.63) is 167 Å². The highest BCUT2D eigenvalue weighted by atomic mass is 32.2. The van der Waals surface area contributed by atoms with Crippen molar-refractivity contribution in [3.8, 4) is 0 Å². The van der Waals surface area contributed by atoms with Crippen LogP contribution < -0.4 is 38.1 Å². The van der Waals surface area contributed by atoms with E-state index in [1.807, 2.05) is 91.0 Å². The van der Waals surface area contributed by atoms with Crippen molar-refractivity contribution in [1.29, 1.82) is 0 Å². The van der Waals surface area contributed by atoms with Gasteiger partial charge in [-0.1, -0.05) is 135 Å². The van der Waals surface area contributed by atoms with Gasteiger partial charge in [0.15, 0.2) is 0 Å². The van der Waals surface area contributed by atoms with Crippen LogP contribution in [0.3, 0.4) is 0 Å². The van der Waals surface area contributed by atoms with Gasteiger partial charge in [0.2, 0.25) is 73.2 Å². The molecule has 0 saturated heterocycles. The Morgan fingerprint density at radius 3 is 1.06 bits per heavy atom. The topological polar surface area (TPSA) is 439 Å². The Morgan fingerprint density at radius 2 is 0.717 bits per heavy atom. The van der Waals surface area contributed by atoms with Crippen LogP contribution in [-0.2, 0) is 100 Å². The van der Waals surface area contributed by atoms with Gasteiger partial charge in [0.05, 0.1) is 62.1 Å². The molecule has 1 aliphatic carbocycles. The minimum Gasteiger partial charge on any atom is -0.480 e. The number of carboxylic acid groups (broad SMARTS) is 1. The standard InChI is InChI=1S/C80H115N15O15S3/c81-41-13-16-45-88(54-71(96)87-70(40-52-111)80(105)106)73(98)57-93(51-39-66-29-33-69(34-30-66)113(85,109)110)76(101)56-90(47-18-15-43-83)74(99)55-89(46-17-14-42-82)75(100)58-92(49-36-63-21-7-2-8-22-63)77(102)59-94(50-37-64-23-9-3-10-24-64)78(103)61-95(67-25-11-4-12-26-67)79(104)60-91(48-38-65-27-31-68(32-28-65)112(84,107)108)72(97)53-86-44-35-62-19-5-1-6-20-62/h1-3,5-10,19-24,27-34,67,70,86,111H,4,11-18,25-26,35-61,81-83H2,(H,87,96)(H,105,106)(H2,84,107,108)(H2,85,109,110). The molecule has 9 amide bonds. The average Bonchev–Trinajstić information content (AvgIpc) is 0.843. The quantitative estimate of drug-likeness (QED) is 0.0199. The van der Waals surface area contributed by atoms with Crippen LogP contribution in [0, 0.1) is 0 Å². The minimum absolute atomic E-state index is 0.000644. The van der Waals surface area contributed by atoms with Crippen LogP contribution in [0.2, 0.25) is 0 Å². The number of hydrogen-bond donors (Lipinski definition) is 9. The van der Waals surface area contributed by atoms with Crippen LogP contribution in [0.1, 0.15) is 105 Å². The molecule has 1 unspecified atom stereocenters. The van der Waals surface area contributed by atoms with E-state index in [1.165, 1.54) is 75.6 Å². The molecule has 0 aromatic heterocycles. The predicted octanol–water partition coefficient (Wildman–Crippen LogP) is 2.15. The number of benzene rings is 5. The van der Waals surface area contributed by atoms with Crippen molar-refractivity contribution in [2.75, 3.05) is 137 Å². The zero-order valence-corrected chi connectivity index (χ0v) is 67.2. The second-order valence-corrected chi connectivity index (χ2v) is 31.8. The van der Waals surface area contributed by atoms with Crippen molar-refractivity contribution in [1.82, 2.24) is 49.8 Å². The molecule has 618 valence electrons. The highest BCUT2D eigenvalue weighted by Crippen LogP contribution is 2.24. The van der Waals surface area contributed by atoms with E-state index in [0.29, 0.717) is 81.9 Å². The number of rotatable bonds is 52. The Kier molecular flexibility index (Phi) is 40.6. The molecule has 5 aromatic rings. The monoisotopic (exact) mass is 1620 g/mol. The van der Waals surface area contributed by atoms with E-state index >= 15 is 28.8 Å². The van der Waals surface area contributed by atoms with Crippen LogP contribution in [0.15, 0.2) is 149 Å². The zero-order valence-electron chi connectivity index (χ0n) is 64.7. The van der Waals surface area contributed by atoms with E-state index in [0.717, 1.165) is 36.0 Å². The van der Waals surface area contributed by atoms with Gasteiger partial charge in [-0.15, -0.1) is 0 Å². The van der Waals surface area contributed by atoms with E-state index in [2.05, 4.69) is 23.3 Å². The second-order valence-electron chi connectivity index (χ2n) is 28.2. The molecule has 1 atom stereocenters. The maximum absolute atomic E-state index is 15.4. The molecule has 1 saturated carbocycles. The molecule has 6 rings (SSSR count). The Bertz CT molecular complexity index is 4060. The third kappa shape index (κ3) is 33.8. The van der Waals surface area contributed by atoms with Gasteiger partial charge < -0.3 is 72.1 Å². The van der Waals surface area contributed by atoms with Crippen LogP contribution in [0.25, 0.3) is 0 Å². The molecule has 0 bridgehead atoms. The van der Waals surface area contributed by atoms with Gasteiger partial charge in [0.25, 0.3) is 0 Å². The van der Waals surface area contributed by atoms with E-state index in [1.54, 1.807) is 12.1 Å². The van der Waals surface area contributed by atoms with Crippen LogP contribution in [0.4, 0.5) is 0 Å². The lowest BCUT2D eigenvalue weighted by Gasteiger charge is -2.37. The summed E-state index contributed by atoms with van der Waals surface area (Å²) >= 11 is 4.12. The normalized spacial score (nSPS) is 12.6. The average molecular weight is 1620 g/mol. The fraction of sp³-hybridized carbons (Fsp3) is 0.500. The number of unbranched alkanes of at least 4 members (excludes halogenated alkanes) is 3. The van der Waals surface area contributed by atoms with Gasteiger partial charge in [-0.2, -0.15) is 12.6 Å². The summed E-state index contributed by atoms with van der Waals surface area (Å²) in [6, 6.07) is 38.1. The highest BCUT2D eigenvalue weighted by molar-refractivity contribution is 7.89. The van der Waals surface area contributed by atoms with Gasteiger partial charge in [-0.05, 0) is 174 Å². The van der Waals surface area contributed by atoms with Crippen LogP contribution in [0.5, 0.6) is 0 Å². The summed E-state index contributed by atoms with van der Waals surface area (Å²) in [5.74, 6) is -6.73. The Balaban J connectivity index is 1.30. The molecule has 113 heavy (non-hydrogen) atoms. The van der Waals surface area contributed by atoms with Crippen molar-refractivity contribution in [2.45, 2.75) is 131 Å². The van der Waals surface area contributed by atoms with Gasteiger partial charge in [0, 0.05) is 51.9 Å². The first-order valence-corrected chi connectivity index (χ1v) is 42.5. The number of primary sulfonamides is 2. The lowest BCUT2D eigenvalue weighted by atomic mass is 9.94. The molecule has 0 heterocycles. The number of carbonyl (C=O) groups excluding carboxylic acids is 9. The molecule has 0 spiro atoms. The Labute approximate surface area is 670 Å². The van der Waals surface area contributed by atoms with Crippen molar-refractivity contribution < 1.29 is 69.9 Å². The molecule has 0 aliphatic heterocycles. The summed E-state index contributed by atoms with van der Waals surface area (Å²) in [4.78, 5) is 156. The molecule has 1 aliphatic rings. The summed E-state index contributed by atoms with van der Waals surface area (Å²) in [7, 11) is -8.07. The maximum atomic E-state index is 15.4. The smallest absolute Gasteiger partial charge is 0.326 e. The third-order valence-corrected chi connectivity index (χ3v) is 21.8. The lowest BCUT2D eigenvalue weighted by Crippen LogP contribution is -2.54. The number of nitrogens with one attached hydrogen (secondary N) is 2. The fourth-order valence-corrected chi connectivity index (χ4v) is 14.3. The largest absolute Gasteiger partial charge is 0.480 e. The summed E-state index contributed by atoms with van der Waals surface area (Å²) in [5.41, 5.74) is 21.7. The number of carbonyl (C=O) groups is 10. The number of thiol groups is 1. The maximum Gasteiger partial charge on any atom is 0.326 e. The van der Waals surface area contributed by atoms with Crippen molar-refractivity contribution >= 4 is 91.8 Å². The van der Waals surface area contributed by atoms with Gasteiger partial charge in [0.1, 0.15) is 12.6 Å². The highest BCUT2D eigenvalue weighted by Gasteiger charge is 2.35. The number of nitrogens with two attached hydrogens (primary N) is 5. The number of carboxylic acids is 1. The first kappa shape index (κ1) is 92.7. The first-order chi connectivity index (χ1) is 54.2. The number of nitrogens with zero attached hydrogens (tertiary/aromatic N) is 8. The van der Waals surface area contributed by atoms with Gasteiger partial charge in [-0.25, -0.2) is 31.9 Å². The van der Waals surface area contributed by atoms with Crippen molar-refractivity contribution in [3.63, 3.8) is 0 Å². The molecule has 33 heteroatoms. The van der Waals surface area contributed by atoms with Crippen LogP contribution >= 0.6 is 12.6 Å². The molecule has 1 fully saturated rings. The molecule has 0 radical (unpaired) electrons. The van der Waals surface area contributed by atoms with Gasteiger partial charge >= 0.3 is 5.97 Å². The van der Waals surface area contributed by atoms with E-state index in [4.69, 9.17) is 27.5 Å². The Hall–Kier alpha value is -9.19. The molecule has 30 nitrogen and oxygen atoms in total. The predicted molar refractivity (Wildman–Crippen MR) is 434 cm³/mol. The van der Waals surface area contributed by atoms with E-state index < -0.39 is 138 Å². The SMILES string of the molecule is NCCCCN(CC(=O)NC(CCS)C(=O)O)C(=O)CN(CCc1ccc(S(N)(=O)=O)cc1)C(=O)CN(CCCCN)C(=O)CN(CCCCN)C(=O)CN(CCc1ccccc1)C(=O)CN(CCc1ccccc1)C(=O)CN(C(=O)CN(CCc1ccc(S(N)(=O)=O)cc1)C(=O)CNCCc1ccccc1)C1CCCCC1. The lowest BCUT2D eigenvalue weighted by molar-refractivity contribution is -0.149. The number of sulfonamides is 2. The first-order valence-electron chi connectivity index (χ1n) is 38.7. The zero-order chi connectivity index (χ0) is 82.1. The summed E-state index contributed by atoms with van der Waals surface area (Å²) in [5, 5.41) is 26.2. The van der Waals surface area contributed by atoms with E-state index in [-0.39, 0.29) is 119 Å². The summed E-state index contributed by atoms with van der Waals surface area (Å²) in [6.45, 7) is -3.45. The minimum atomic E-state index is -4.07. The molecule has 13 N–H and O–H groups in total. The number of hydrogen-bond acceptors (Lipinski definition) is 19. The fourth-order valence-electron chi connectivity index (χ4n) is 13.0. The van der Waals surface area contributed by atoms with Crippen LogP contribution in [-0.4, -0.2) is 269 Å². The number of aliphatic carboxylic acids is 1. The third-order valence-electron chi connectivity index (χ3n) is 19.7. The van der Waals surface area contributed by atoms with E-state index in [9.17, 15) is 41.1 Å². The molecular weight excluding hydrogens is 1510 g/mol. The summed E-state index contributed by atoms with van der Waals surface area (Å²) < 4.78 is 48.6. The molecular formula is C80H115N15O15S3. The number of amides is 9.